The SMILES string of the molecule is Cc1cc(Cl)c(-c2ccc(CNC(C)C)s2)cc1Cl. The quantitative estimate of drug-likeness (QED) is 0.782. The van der Waals surface area contributed by atoms with E-state index < -0.39 is 0 Å². The fraction of sp³-hybridized carbons (Fsp3) is 0.333. The van der Waals surface area contributed by atoms with Crippen molar-refractivity contribution in [1.82, 2.24) is 5.32 Å². The van der Waals surface area contributed by atoms with E-state index in [9.17, 15) is 0 Å². The second-order valence-electron chi connectivity index (χ2n) is 4.88. The van der Waals surface area contributed by atoms with E-state index in [1.165, 1.54) is 4.88 Å². The third-order valence-corrected chi connectivity index (χ3v) is 4.70. The van der Waals surface area contributed by atoms with Crippen molar-refractivity contribution in [1.29, 1.82) is 0 Å². The first-order valence-electron chi connectivity index (χ1n) is 6.25. The zero-order chi connectivity index (χ0) is 14.0. The number of rotatable bonds is 4. The molecule has 102 valence electrons. The lowest BCUT2D eigenvalue weighted by molar-refractivity contribution is 0.593. The molecule has 0 aliphatic carbocycles. The third-order valence-electron chi connectivity index (χ3n) is 2.86. The van der Waals surface area contributed by atoms with Crippen LogP contribution in [0.5, 0.6) is 0 Å². The highest BCUT2D eigenvalue weighted by Crippen LogP contribution is 2.36. The normalized spacial score (nSPS) is 11.3. The zero-order valence-corrected chi connectivity index (χ0v) is 13.6. The van der Waals surface area contributed by atoms with E-state index in [1.807, 2.05) is 19.1 Å². The minimum atomic E-state index is 0.489. The van der Waals surface area contributed by atoms with E-state index in [4.69, 9.17) is 23.2 Å². The summed E-state index contributed by atoms with van der Waals surface area (Å²) in [6, 6.07) is 8.60. The van der Waals surface area contributed by atoms with Gasteiger partial charge in [0.25, 0.3) is 0 Å². The lowest BCUT2D eigenvalue weighted by Crippen LogP contribution is -2.21. The maximum absolute atomic E-state index is 6.31. The molecule has 19 heavy (non-hydrogen) atoms. The van der Waals surface area contributed by atoms with Crippen LogP contribution in [0.15, 0.2) is 24.3 Å². The Morgan fingerprint density at radius 2 is 1.89 bits per heavy atom. The molecular formula is C15H17Cl2NS. The first kappa shape index (κ1) is 14.9. The average molecular weight is 314 g/mol. The number of aryl methyl sites for hydroxylation is 1. The predicted octanol–water partition coefficient (Wildman–Crippen LogP) is 5.53. The van der Waals surface area contributed by atoms with Gasteiger partial charge in [0, 0.05) is 37.9 Å². The molecule has 0 aliphatic rings. The largest absolute Gasteiger partial charge is 0.310 e. The summed E-state index contributed by atoms with van der Waals surface area (Å²) in [5.41, 5.74) is 2.02. The van der Waals surface area contributed by atoms with Crippen molar-refractivity contribution < 1.29 is 0 Å². The van der Waals surface area contributed by atoms with Gasteiger partial charge in [-0.25, -0.2) is 0 Å². The van der Waals surface area contributed by atoms with Gasteiger partial charge < -0.3 is 5.32 Å². The number of hydrogen-bond donors (Lipinski definition) is 1. The predicted molar refractivity (Wildman–Crippen MR) is 86.5 cm³/mol. The number of thiophene rings is 1. The first-order chi connectivity index (χ1) is 8.97. The Hall–Kier alpha value is -0.540. The summed E-state index contributed by atoms with van der Waals surface area (Å²) in [5.74, 6) is 0. The molecule has 0 saturated carbocycles. The summed E-state index contributed by atoms with van der Waals surface area (Å²) >= 11 is 14.2. The molecule has 1 aromatic carbocycles. The zero-order valence-electron chi connectivity index (χ0n) is 11.3. The topological polar surface area (TPSA) is 12.0 Å². The molecule has 0 atom stereocenters. The van der Waals surface area contributed by atoms with Gasteiger partial charge in [0.05, 0.1) is 0 Å². The Bertz CT molecular complexity index is 576. The minimum Gasteiger partial charge on any atom is -0.310 e. The van der Waals surface area contributed by atoms with Crippen LogP contribution < -0.4 is 5.32 Å². The van der Waals surface area contributed by atoms with Gasteiger partial charge in [0.1, 0.15) is 0 Å². The molecule has 0 aliphatic heterocycles. The second-order valence-corrected chi connectivity index (χ2v) is 6.87. The van der Waals surface area contributed by atoms with Gasteiger partial charge in [-0.2, -0.15) is 0 Å². The van der Waals surface area contributed by atoms with Crippen molar-refractivity contribution in [2.75, 3.05) is 0 Å². The molecule has 0 radical (unpaired) electrons. The number of hydrogen-bond acceptors (Lipinski definition) is 2. The highest BCUT2D eigenvalue weighted by atomic mass is 35.5. The molecule has 1 nitrogen and oxygen atoms in total. The van der Waals surface area contributed by atoms with Crippen LogP contribution in [0.1, 0.15) is 24.3 Å². The van der Waals surface area contributed by atoms with Gasteiger partial charge in [0.15, 0.2) is 0 Å². The maximum atomic E-state index is 6.31. The monoisotopic (exact) mass is 313 g/mol. The van der Waals surface area contributed by atoms with Gasteiger partial charge >= 0.3 is 0 Å². The van der Waals surface area contributed by atoms with Crippen molar-refractivity contribution >= 4 is 34.5 Å². The van der Waals surface area contributed by atoms with E-state index in [0.717, 1.165) is 32.6 Å². The second kappa shape index (κ2) is 6.27. The van der Waals surface area contributed by atoms with E-state index in [2.05, 4.69) is 31.3 Å². The molecule has 0 fully saturated rings. The summed E-state index contributed by atoms with van der Waals surface area (Å²) in [5, 5.41) is 4.93. The molecule has 1 aromatic heterocycles. The Balaban J connectivity index is 2.25. The van der Waals surface area contributed by atoms with Gasteiger partial charge in [-0.05, 0) is 36.8 Å². The fourth-order valence-corrected chi connectivity index (χ4v) is 3.29. The van der Waals surface area contributed by atoms with Crippen LogP contribution in [0.3, 0.4) is 0 Å². The van der Waals surface area contributed by atoms with Crippen molar-refractivity contribution in [2.45, 2.75) is 33.4 Å². The van der Waals surface area contributed by atoms with Crippen molar-refractivity contribution in [3.05, 3.63) is 44.8 Å². The summed E-state index contributed by atoms with van der Waals surface area (Å²) in [6.45, 7) is 7.14. The Labute approximate surface area is 128 Å². The number of benzene rings is 1. The minimum absolute atomic E-state index is 0.489. The van der Waals surface area contributed by atoms with E-state index in [1.54, 1.807) is 11.3 Å². The van der Waals surface area contributed by atoms with E-state index >= 15 is 0 Å². The molecule has 1 N–H and O–H groups in total. The summed E-state index contributed by atoms with van der Waals surface area (Å²) in [7, 11) is 0. The standard InChI is InChI=1S/C15H17Cl2NS/c1-9(2)18-8-11-4-5-15(19-11)12-7-13(16)10(3)6-14(12)17/h4-7,9,18H,8H2,1-3H3. The molecule has 4 heteroatoms. The van der Waals surface area contributed by atoms with Gasteiger partial charge in [-0.3, -0.25) is 0 Å². The molecule has 0 bridgehead atoms. The number of halogens is 2. The summed E-state index contributed by atoms with van der Waals surface area (Å²) in [4.78, 5) is 2.46. The van der Waals surface area contributed by atoms with Crippen LogP contribution in [-0.4, -0.2) is 6.04 Å². The fourth-order valence-electron chi connectivity index (χ4n) is 1.76. The van der Waals surface area contributed by atoms with Gasteiger partial charge in [-0.1, -0.05) is 37.0 Å². The van der Waals surface area contributed by atoms with E-state index in [-0.39, 0.29) is 0 Å². The van der Waals surface area contributed by atoms with Crippen LogP contribution in [0.4, 0.5) is 0 Å². The van der Waals surface area contributed by atoms with Crippen LogP contribution >= 0.6 is 34.5 Å². The van der Waals surface area contributed by atoms with Crippen LogP contribution in [0, 0.1) is 6.92 Å². The average Bonchev–Trinajstić information content (AvgIpc) is 2.80. The molecule has 1 heterocycles. The molecule has 2 aromatic rings. The van der Waals surface area contributed by atoms with Gasteiger partial charge in [0.2, 0.25) is 0 Å². The molecule has 2 rings (SSSR count). The Kier molecular flexibility index (Phi) is 4.91. The highest BCUT2D eigenvalue weighted by molar-refractivity contribution is 7.15. The lowest BCUT2D eigenvalue weighted by atomic mass is 10.1. The molecule has 0 unspecified atom stereocenters. The Morgan fingerprint density at radius 1 is 1.16 bits per heavy atom. The van der Waals surface area contributed by atoms with E-state index in [0.29, 0.717) is 6.04 Å². The summed E-state index contributed by atoms with van der Waals surface area (Å²) in [6.07, 6.45) is 0. The molecule has 0 spiro atoms. The highest BCUT2D eigenvalue weighted by Gasteiger charge is 2.09. The number of nitrogens with one attached hydrogen (secondary N) is 1. The van der Waals surface area contributed by atoms with Crippen LogP contribution in [0.25, 0.3) is 10.4 Å². The smallest absolute Gasteiger partial charge is 0.0496 e. The summed E-state index contributed by atoms with van der Waals surface area (Å²) < 4.78 is 0. The Morgan fingerprint density at radius 3 is 2.58 bits per heavy atom. The van der Waals surface area contributed by atoms with Crippen molar-refractivity contribution in [3.63, 3.8) is 0 Å². The van der Waals surface area contributed by atoms with Gasteiger partial charge in [-0.15, -0.1) is 11.3 Å². The molecular weight excluding hydrogens is 297 g/mol. The first-order valence-corrected chi connectivity index (χ1v) is 7.82. The molecule has 0 amide bonds. The van der Waals surface area contributed by atoms with Crippen LogP contribution in [-0.2, 0) is 6.54 Å². The van der Waals surface area contributed by atoms with Crippen LogP contribution in [0.2, 0.25) is 10.0 Å². The maximum Gasteiger partial charge on any atom is 0.0496 e. The van der Waals surface area contributed by atoms with Crippen molar-refractivity contribution in [3.8, 4) is 10.4 Å². The lowest BCUT2D eigenvalue weighted by Gasteiger charge is -2.06. The van der Waals surface area contributed by atoms with Crippen molar-refractivity contribution in [2.24, 2.45) is 0 Å². The third kappa shape index (κ3) is 3.73. The molecule has 0 saturated heterocycles.